The molecule has 0 saturated carbocycles. The molecule has 2 N–H and O–H groups in total. The highest BCUT2D eigenvalue weighted by Crippen LogP contribution is 2.52. The average Bonchev–Trinajstić information content (AvgIpc) is 1.70. The lowest BCUT2D eigenvalue weighted by Crippen LogP contribution is -2.28. The van der Waals surface area contributed by atoms with Gasteiger partial charge in [0.25, 0.3) is 0 Å². The van der Waals surface area contributed by atoms with Crippen LogP contribution in [0.4, 0.5) is 0 Å². The van der Waals surface area contributed by atoms with Gasteiger partial charge >= 0.3 is 0 Å². The van der Waals surface area contributed by atoms with Crippen LogP contribution in [0.1, 0.15) is 223 Å². The van der Waals surface area contributed by atoms with Gasteiger partial charge < -0.3 is 19.1 Å². The van der Waals surface area contributed by atoms with E-state index in [0.717, 1.165) is 123 Å². The predicted octanol–water partition coefficient (Wildman–Crippen LogP) is 27.5. The highest BCUT2D eigenvalue weighted by atomic mass is 16.1. The molecule has 0 atom stereocenters. The summed E-state index contributed by atoms with van der Waals surface area (Å²) in [7, 11) is 0. The Morgan fingerprint density at radius 2 is 0.424 bits per heavy atom. The Morgan fingerprint density at radius 1 is 0.229 bits per heavy atom. The van der Waals surface area contributed by atoms with Gasteiger partial charge in [0.2, 0.25) is 0 Å². The number of ketones is 4. The SMILES string of the molecule is CC(C)(C)C1=CC(=C2c3ccc([nH]3)C(=C3C=C(C(C)(C)C)C(=O)C(C(C)(C)C)=C3)c3ccc(n3Cc3ccc4ccc5cccc6ccc3c4c56)C(=C3C=C(C(C)(C)C)C(=O)C(C(C)(C)C)=C3)c3ccc([nH]3)C(=C3C=C(C(C)(C)C)C(=O)C(C(C)(C)C)=C3)c3ccc2n3Cc2ccc3ccc4cccc5ccc2c3c45)C=C(C(C)(C)C)C1=O. The molecule has 4 aliphatic carbocycles. The number of nitrogens with one attached hydrogen (secondary N) is 2. The molecule has 1 aliphatic heterocycles. The van der Waals surface area contributed by atoms with Gasteiger partial charge in [0.15, 0.2) is 23.1 Å². The second-order valence-corrected chi connectivity index (χ2v) is 42.2. The molecule has 8 aromatic carbocycles. The third-order valence-electron chi connectivity index (χ3n) is 25.3. The molecule has 5 aliphatic rings. The van der Waals surface area contributed by atoms with Crippen molar-refractivity contribution in [3.05, 3.63) is 330 Å². The van der Waals surface area contributed by atoms with Crippen molar-refractivity contribution in [2.24, 2.45) is 43.3 Å². The Labute approximate surface area is 696 Å². The average molecular weight is 1550 g/mol. The van der Waals surface area contributed by atoms with Gasteiger partial charge in [0.1, 0.15) is 0 Å². The molecule has 8 heteroatoms. The van der Waals surface area contributed by atoms with E-state index >= 15 is 19.2 Å². The van der Waals surface area contributed by atoms with Gasteiger partial charge in [-0.15, -0.1) is 0 Å². The summed E-state index contributed by atoms with van der Waals surface area (Å²) < 4.78 is 5.03. The van der Waals surface area contributed by atoms with E-state index in [-0.39, 0.29) is 23.1 Å². The lowest BCUT2D eigenvalue weighted by molar-refractivity contribution is -0.114. The number of hydrogen-bond acceptors (Lipinski definition) is 4. The number of aromatic amines is 2. The number of aromatic nitrogens is 4. The summed E-state index contributed by atoms with van der Waals surface area (Å²) >= 11 is 0. The molecule has 0 fully saturated rings. The van der Waals surface area contributed by atoms with Crippen molar-refractivity contribution in [3.8, 4) is 0 Å². The summed E-state index contributed by atoms with van der Waals surface area (Å²) in [5, 5.41) is 14.2. The standard InChI is InChI=1S/C110H112N4O4/c1-103(2,3)75-51-69(52-76(99(75)115)104(4,5)6)95-83-43-44-84(111-83)96(70-53-77(105(7,8)9)100(116)78(54-70)106(10,11)12)89-49-50-90(114(89)60-68-38-36-66-34-32-62-28-26-30-64-40-42-74(68)94(66)92(62)64)98(72-57-81(109(19,20)21)102(118)82(58-72)110(22,23)24)86-46-45-85(112-86)97(71-55-79(107(13,14)15)101(117)80(56-71)108(16,17)18)88-48-47-87(95)113(88)59-67-37-35-65-33-31-61-27-25-29-63-39-41-73(67)93(65)91(61)63/h25-58,111-112H,59-60H2,1-24H3. The molecule has 12 aromatic rings. The lowest BCUT2D eigenvalue weighted by Gasteiger charge is -2.32. The zero-order valence-corrected chi connectivity index (χ0v) is 73.6. The fourth-order valence-electron chi connectivity index (χ4n) is 19.0. The first-order valence-corrected chi connectivity index (χ1v) is 42.3. The predicted molar refractivity (Wildman–Crippen MR) is 493 cm³/mol. The van der Waals surface area contributed by atoms with Crippen LogP contribution in [0.15, 0.2) is 273 Å². The summed E-state index contributed by atoms with van der Waals surface area (Å²) in [6.07, 6.45) is 17.4. The molecular formula is C110H112N4O4. The summed E-state index contributed by atoms with van der Waals surface area (Å²) in [5.74, 6) is 0.134. The van der Waals surface area contributed by atoms with Crippen LogP contribution >= 0.6 is 0 Å². The minimum atomic E-state index is -0.575. The third kappa shape index (κ3) is 13.3. The van der Waals surface area contributed by atoms with Gasteiger partial charge in [0, 0.05) is 103 Å². The summed E-state index contributed by atoms with van der Waals surface area (Å²) in [6.45, 7) is 52.3. The van der Waals surface area contributed by atoms with Crippen LogP contribution in [0.3, 0.4) is 0 Å². The van der Waals surface area contributed by atoms with Crippen LogP contribution in [0.2, 0.25) is 0 Å². The number of rotatable bonds is 4. The maximum absolute atomic E-state index is 15.6. The first-order chi connectivity index (χ1) is 55.2. The Bertz CT molecular complexity index is 5980. The molecule has 8 nitrogen and oxygen atoms in total. The van der Waals surface area contributed by atoms with Crippen LogP contribution in [-0.4, -0.2) is 42.2 Å². The van der Waals surface area contributed by atoms with E-state index in [0.29, 0.717) is 57.7 Å². The number of carbonyl (C=O) groups excluding carboxylic acids is 4. The van der Waals surface area contributed by atoms with E-state index < -0.39 is 43.3 Å². The quantitative estimate of drug-likeness (QED) is 0.171. The largest absolute Gasteiger partial charge is 0.354 e. The molecule has 596 valence electrons. The molecule has 5 heterocycles. The second kappa shape index (κ2) is 27.0. The fraction of sp³-hybridized carbons (Fsp3) is 0.309. The maximum atomic E-state index is 15.6. The number of nitrogens with zero attached hydrogens (tertiary/aromatic N) is 2. The van der Waals surface area contributed by atoms with Crippen molar-refractivity contribution >= 4 is 110 Å². The van der Waals surface area contributed by atoms with Gasteiger partial charge in [-0.05, 0) is 239 Å². The summed E-state index contributed by atoms with van der Waals surface area (Å²) in [4.78, 5) is 71.0. The van der Waals surface area contributed by atoms with Crippen LogP contribution in [0.25, 0.3) is 86.9 Å². The molecule has 0 unspecified atom stereocenters. The van der Waals surface area contributed by atoms with Crippen molar-refractivity contribution in [2.45, 2.75) is 179 Å². The van der Waals surface area contributed by atoms with Gasteiger partial charge in [-0.3, -0.25) is 19.2 Å². The van der Waals surface area contributed by atoms with Crippen molar-refractivity contribution in [1.29, 1.82) is 0 Å². The molecule has 118 heavy (non-hydrogen) atoms. The van der Waals surface area contributed by atoms with E-state index in [1.807, 2.05) is 0 Å². The fourth-order valence-corrected chi connectivity index (χ4v) is 19.0. The second-order valence-electron chi connectivity index (χ2n) is 42.2. The minimum absolute atomic E-state index is 0.0335. The van der Waals surface area contributed by atoms with Crippen molar-refractivity contribution in [2.75, 3.05) is 0 Å². The Morgan fingerprint density at radius 3 is 0.636 bits per heavy atom. The highest BCUT2D eigenvalue weighted by Gasteiger charge is 2.42. The van der Waals surface area contributed by atoms with E-state index in [1.54, 1.807) is 0 Å². The van der Waals surface area contributed by atoms with Gasteiger partial charge in [0.05, 0.1) is 22.8 Å². The highest BCUT2D eigenvalue weighted by molar-refractivity contribution is 6.25. The van der Waals surface area contributed by atoms with Crippen LogP contribution in [0.5, 0.6) is 0 Å². The van der Waals surface area contributed by atoms with Crippen molar-refractivity contribution in [3.63, 3.8) is 0 Å². The zero-order chi connectivity index (χ0) is 84.3. The van der Waals surface area contributed by atoms with Crippen molar-refractivity contribution in [1.82, 2.24) is 19.1 Å². The molecular weight excluding hydrogens is 1440 g/mol. The Balaban J connectivity index is 1.10. The zero-order valence-electron chi connectivity index (χ0n) is 73.6. The van der Waals surface area contributed by atoms with Crippen LogP contribution < -0.4 is 0 Å². The number of benzene rings is 8. The normalized spacial score (nSPS) is 16.9. The molecule has 0 saturated heterocycles. The van der Waals surface area contributed by atoms with Crippen LogP contribution in [-0.2, 0) is 32.3 Å². The number of Topliss-reactive ketones (excluding diaryl/α,β-unsaturated/α-hetero) is 4. The summed E-state index contributed by atoms with van der Waals surface area (Å²) in [6, 6.07) is 58.7. The van der Waals surface area contributed by atoms with Gasteiger partial charge in [-0.2, -0.15) is 0 Å². The summed E-state index contributed by atoms with van der Waals surface area (Å²) in [5.41, 5.74) is 17.3. The minimum Gasteiger partial charge on any atom is -0.354 e. The first kappa shape index (κ1) is 79.0. The number of carbonyl (C=O) groups is 4. The number of allylic oxidation sites excluding steroid dienone is 20. The monoisotopic (exact) mass is 1550 g/mol. The van der Waals surface area contributed by atoms with Gasteiger partial charge in [-0.25, -0.2) is 0 Å². The number of hydrogen-bond donors (Lipinski definition) is 2. The Hall–Kier alpha value is -11.5. The van der Waals surface area contributed by atoms with Crippen LogP contribution in [0, 0.1) is 43.3 Å². The van der Waals surface area contributed by atoms with Gasteiger partial charge in [-0.1, -0.05) is 275 Å². The first-order valence-electron chi connectivity index (χ1n) is 42.3. The van der Waals surface area contributed by atoms with E-state index in [2.05, 4.69) is 392 Å². The molecule has 17 rings (SSSR count). The lowest BCUT2D eigenvalue weighted by atomic mass is 9.71. The molecule has 0 amide bonds. The number of fused-ring (bicyclic) bond motifs is 8. The Kier molecular flexibility index (Phi) is 18.1. The molecule has 0 radical (unpaired) electrons. The van der Waals surface area contributed by atoms with E-state index in [1.165, 1.54) is 43.1 Å². The van der Waals surface area contributed by atoms with E-state index in [4.69, 9.17) is 0 Å². The number of H-pyrrole nitrogens is 2. The molecule has 8 bridgehead atoms. The third-order valence-corrected chi connectivity index (χ3v) is 25.3. The van der Waals surface area contributed by atoms with E-state index in [9.17, 15) is 0 Å². The molecule has 0 spiro atoms. The maximum Gasteiger partial charge on any atom is 0.186 e. The molecule has 4 aromatic heterocycles. The van der Waals surface area contributed by atoms with Crippen molar-refractivity contribution < 1.29 is 19.2 Å². The topological polar surface area (TPSA) is 110 Å². The smallest absolute Gasteiger partial charge is 0.186 e.